The van der Waals surface area contributed by atoms with E-state index in [2.05, 4.69) is 5.10 Å². The van der Waals surface area contributed by atoms with Gasteiger partial charge in [-0.3, -0.25) is 9.48 Å². The maximum atomic E-state index is 12.1. The molecule has 0 atom stereocenters. The first-order valence-corrected chi connectivity index (χ1v) is 7.73. The van der Waals surface area contributed by atoms with Crippen molar-refractivity contribution in [1.82, 2.24) is 9.78 Å². The molecule has 0 aliphatic heterocycles. The van der Waals surface area contributed by atoms with Crippen LogP contribution in [0.1, 0.15) is 56.8 Å². The van der Waals surface area contributed by atoms with E-state index < -0.39 is 0 Å². The molecule has 106 valence electrons. The quantitative estimate of drug-likeness (QED) is 0.792. The molecule has 0 N–H and O–H groups in total. The van der Waals surface area contributed by atoms with Gasteiger partial charge in [-0.2, -0.15) is 5.10 Å². The molecule has 0 amide bonds. The van der Waals surface area contributed by atoms with E-state index in [0.29, 0.717) is 23.6 Å². The Balaban J connectivity index is 1.90. The highest BCUT2D eigenvalue weighted by Crippen LogP contribution is 2.29. The Hall–Kier alpha value is -0.830. The highest BCUT2D eigenvalue weighted by molar-refractivity contribution is 6.32. The number of aryl methyl sites for hydroxylation is 2. The lowest BCUT2D eigenvalue weighted by Gasteiger charge is -2.08. The fourth-order valence-corrected chi connectivity index (χ4v) is 3.18. The van der Waals surface area contributed by atoms with Gasteiger partial charge in [0.2, 0.25) is 0 Å². The minimum Gasteiger partial charge on any atom is -0.299 e. The molecule has 1 aromatic heterocycles. The van der Waals surface area contributed by atoms with Gasteiger partial charge in [0, 0.05) is 19.4 Å². The number of carbonyl (C=O) groups excluding carboxylic acids is 1. The molecule has 1 aromatic rings. The zero-order chi connectivity index (χ0) is 13.8. The van der Waals surface area contributed by atoms with Crippen molar-refractivity contribution in [3.63, 3.8) is 0 Å². The van der Waals surface area contributed by atoms with Crippen LogP contribution in [0, 0.1) is 12.8 Å². The number of hydrogen-bond donors (Lipinski definition) is 0. The third-order valence-corrected chi connectivity index (χ3v) is 4.62. The highest BCUT2D eigenvalue weighted by atomic mass is 35.5. The third-order valence-electron chi connectivity index (χ3n) is 4.12. The van der Waals surface area contributed by atoms with Crippen LogP contribution in [0.3, 0.4) is 0 Å². The average Bonchev–Trinajstić information content (AvgIpc) is 3.00. The summed E-state index contributed by atoms with van der Waals surface area (Å²) in [5, 5.41) is 5.01. The number of Topliss-reactive ketones (excluding diaryl/α,β-unsaturated/α-hetero) is 1. The van der Waals surface area contributed by atoms with E-state index in [4.69, 9.17) is 11.6 Å². The lowest BCUT2D eigenvalue weighted by molar-refractivity contribution is -0.118. The van der Waals surface area contributed by atoms with E-state index in [1.807, 2.05) is 18.5 Å². The molecule has 2 rings (SSSR count). The average molecular weight is 283 g/mol. The molecule has 0 spiro atoms. The first-order valence-electron chi connectivity index (χ1n) is 7.35. The summed E-state index contributed by atoms with van der Waals surface area (Å²) in [6, 6.07) is 0. The minimum absolute atomic E-state index is 0.295. The van der Waals surface area contributed by atoms with Gasteiger partial charge in [0.25, 0.3) is 0 Å². The fourth-order valence-electron chi connectivity index (χ4n) is 2.98. The summed E-state index contributed by atoms with van der Waals surface area (Å²) in [5.41, 5.74) is 1.71. The van der Waals surface area contributed by atoms with Gasteiger partial charge in [0.1, 0.15) is 5.78 Å². The number of carbonyl (C=O) groups is 1. The number of rotatable bonds is 6. The Kier molecular flexibility index (Phi) is 5.03. The summed E-state index contributed by atoms with van der Waals surface area (Å²) < 4.78 is 1.85. The number of ketones is 1. The van der Waals surface area contributed by atoms with Crippen molar-refractivity contribution in [1.29, 1.82) is 0 Å². The predicted octanol–water partition coefficient (Wildman–Crippen LogP) is 3.95. The zero-order valence-corrected chi connectivity index (χ0v) is 12.7. The van der Waals surface area contributed by atoms with Crippen LogP contribution in [0.4, 0.5) is 0 Å². The second-order valence-electron chi connectivity index (χ2n) is 5.57. The Bertz CT molecular complexity index is 447. The third kappa shape index (κ3) is 3.59. The molecule has 4 heteroatoms. The standard InChI is InChI=1S/C15H23ClN2O/c1-3-18-14(15(16)11(2)17-18)10-13(19)9-8-12-6-4-5-7-12/h12H,3-10H2,1-2H3. The number of hydrogen-bond acceptors (Lipinski definition) is 2. The predicted molar refractivity (Wildman–Crippen MR) is 77.6 cm³/mol. The van der Waals surface area contributed by atoms with E-state index >= 15 is 0 Å². The lowest BCUT2D eigenvalue weighted by atomic mass is 9.99. The van der Waals surface area contributed by atoms with Crippen LogP contribution in [0.5, 0.6) is 0 Å². The van der Waals surface area contributed by atoms with Crippen molar-refractivity contribution >= 4 is 17.4 Å². The largest absolute Gasteiger partial charge is 0.299 e. The molecule has 1 aliphatic carbocycles. The molecule has 0 bridgehead atoms. The topological polar surface area (TPSA) is 34.9 Å². The van der Waals surface area contributed by atoms with Gasteiger partial charge < -0.3 is 0 Å². The molecule has 1 fully saturated rings. The van der Waals surface area contributed by atoms with Crippen LogP contribution in [-0.2, 0) is 17.8 Å². The molecular formula is C15H23ClN2O. The highest BCUT2D eigenvalue weighted by Gasteiger charge is 2.19. The second-order valence-corrected chi connectivity index (χ2v) is 5.94. The van der Waals surface area contributed by atoms with Crippen molar-refractivity contribution in [3.8, 4) is 0 Å². The summed E-state index contributed by atoms with van der Waals surface area (Å²) >= 11 is 6.23. The SMILES string of the molecule is CCn1nc(C)c(Cl)c1CC(=O)CCC1CCCC1. The fraction of sp³-hybridized carbons (Fsp3) is 0.733. The molecule has 0 saturated heterocycles. The maximum Gasteiger partial charge on any atom is 0.138 e. The van der Waals surface area contributed by atoms with Gasteiger partial charge in [-0.1, -0.05) is 37.3 Å². The monoisotopic (exact) mass is 282 g/mol. The summed E-state index contributed by atoms with van der Waals surface area (Å²) in [6.45, 7) is 4.68. The van der Waals surface area contributed by atoms with Crippen molar-refractivity contribution < 1.29 is 4.79 Å². The number of aromatic nitrogens is 2. The molecule has 0 radical (unpaired) electrons. The van der Waals surface area contributed by atoms with E-state index in [-0.39, 0.29) is 0 Å². The minimum atomic E-state index is 0.295. The van der Waals surface area contributed by atoms with Gasteiger partial charge in [0.15, 0.2) is 0 Å². The summed E-state index contributed by atoms with van der Waals surface area (Å²) in [5.74, 6) is 1.07. The normalized spacial score (nSPS) is 16.2. The first-order chi connectivity index (χ1) is 9.11. The second kappa shape index (κ2) is 6.56. The molecule has 1 saturated carbocycles. The first kappa shape index (κ1) is 14.6. The van der Waals surface area contributed by atoms with Crippen molar-refractivity contribution in [2.45, 2.75) is 65.3 Å². The van der Waals surface area contributed by atoms with Gasteiger partial charge in [-0.05, 0) is 26.2 Å². The van der Waals surface area contributed by atoms with Crippen LogP contribution in [0.15, 0.2) is 0 Å². The van der Waals surface area contributed by atoms with Crippen molar-refractivity contribution in [2.24, 2.45) is 5.92 Å². The van der Waals surface area contributed by atoms with Crippen LogP contribution in [0.2, 0.25) is 5.02 Å². The van der Waals surface area contributed by atoms with Crippen LogP contribution < -0.4 is 0 Å². The molecule has 0 aromatic carbocycles. The molecular weight excluding hydrogens is 260 g/mol. The number of nitrogens with zero attached hydrogens (tertiary/aromatic N) is 2. The Morgan fingerprint density at radius 2 is 2.11 bits per heavy atom. The summed E-state index contributed by atoms with van der Waals surface area (Å²) in [6.07, 6.45) is 7.46. The Morgan fingerprint density at radius 1 is 1.42 bits per heavy atom. The molecule has 19 heavy (non-hydrogen) atoms. The number of halogens is 1. The van der Waals surface area contributed by atoms with Crippen LogP contribution >= 0.6 is 11.6 Å². The molecule has 0 unspecified atom stereocenters. The summed E-state index contributed by atoms with van der Waals surface area (Å²) in [7, 11) is 0. The van der Waals surface area contributed by atoms with Gasteiger partial charge in [-0.25, -0.2) is 0 Å². The van der Waals surface area contributed by atoms with Crippen molar-refractivity contribution in [3.05, 3.63) is 16.4 Å². The maximum absolute atomic E-state index is 12.1. The Labute approximate surface area is 120 Å². The van der Waals surface area contributed by atoms with Gasteiger partial charge in [0.05, 0.1) is 16.4 Å². The van der Waals surface area contributed by atoms with E-state index in [0.717, 1.165) is 30.3 Å². The van der Waals surface area contributed by atoms with Crippen molar-refractivity contribution in [2.75, 3.05) is 0 Å². The van der Waals surface area contributed by atoms with E-state index in [9.17, 15) is 4.79 Å². The van der Waals surface area contributed by atoms with Gasteiger partial charge in [-0.15, -0.1) is 0 Å². The lowest BCUT2D eigenvalue weighted by Crippen LogP contribution is -2.10. The van der Waals surface area contributed by atoms with Crippen LogP contribution in [0.25, 0.3) is 0 Å². The molecule has 1 aliphatic rings. The smallest absolute Gasteiger partial charge is 0.138 e. The van der Waals surface area contributed by atoms with Gasteiger partial charge >= 0.3 is 0 Å². The molecule has 1 heterocycles. The zero-order valence-electron chi connectivity index (χ0n) is 11.9. The summed E-state index contributed by atoms with van der Waals surface area (Å²) in [4.78, 5) is 12.1. The molecule has 3 nitrogen and oxygen atoms in total. The van der Waals surface area contributed by atoms with E-state index in [1.54, 1.807) is 0 Å². The Morgan fingerprint density at radius 3 is 2.74 bits per heavy atom. The van der Waals surface area contributed by atoms with Crippen LogP contribution in [-0.4, -0.2) is 15.6 Å². The van der Waals surface area contributed by atoms with E-state index in [1.165, 1.54) is 25.7 Å².